The van der Waals surface area contributed by atoms with Gasteiger partial charge in [-0.2, -0.15) is 4.58 Å². The molecule has 2 atom stereocenters. The number of hydrogen-bond acceptors (Lipinski definition) is 14. The number of benzene rings is 2. The topological polar surface area (TPSA) is 243 Å². The van der Waals surface area contributed by atoms with Crippen LogP contribution in [-0.2, 0) is 60.2 Å². The Hall–Kier alpha value is -3.76. The van der Waals surface area contributed by atoms with Crippen LogP contribution in [0, 0.1) is 0 Å². The Labute approximate surface area is 387 Å². The molecule has 0 spiro atoms. The van der Waals surface area contributed by atoms with Crippen molar-refractivity contribution < 1.29 is 67.6 Å². The van der Waals surface area contributed by atoms with Crippen molar-refractivity contribution in [2.24, 2.45) is 0 Å². The first-order chi connectivity index (χ1) is 30.5. The van der Waals surface area contributed by atoms with E-state index < -0.39 is 57.8 Å². The van der Waals surface area contributed by atoms with E-state index in [4.69, 9.17) is 25.8 Å². The zero-order valence-electron chi connectivity index (χ0n) is 37.0. The average Bonchev–Trinajstić information content (AvgIpc) is 3.60. The van der Waals surface area contributed by atoms with E-state index in [1.54, 1.807) is 26.4 Å². The van der Waals surface area contributed by atoms with Gasteiger partial charge in [-0.3, -0.25) is 4.79 Å². The first kappa shape index (κ1) is 52.2. The Kier molecular flexibility index (Phi) is 17.6. The lowest BCUT2D eigenvalue weighted by Crippen LogP contribution is -2.33. The lowest BCUT2D eigenvalue weighted by Gasteiger charge is -2.30. The number of methoxy groups -OCH3 is 2. The number of carboxylic acids is 1. The molecule has 2 aromatic rings. The average molecular weight is 982 g/mol. The molecule has 0 radical (unpaired) electrons. The number of hydrogen-bond donors (Lipinski definition) is 1. The largest absolute Gasteiger partial charge is 0.748 e. The van der Waals surface area contributed by atoms with Crippen LogP contribution in [0.15, 0.2) is 92.4 Å². The minimum absolute atomic E-state index is 0.0362. The molecule has 0 saturated carbocycles. The second-order valence-corrected chi connectivity index (χ2v) is 21.5. The molecule has 1 N–H and O–H groups in total. The van der Waals surface area contributed by atoms with E-state index in [-0.39, 0.29) is 30.8 Å². The summed E-state index contributed by atoms with van der Waals surface area (Å²) in [6.45, 7) is 5.79. The maximum atomic E-state index is 12.2. The lowest BCUT2D eigenvalue weighted by molar-refractivity contribution is -0.442. The maximum absolute atomic E-state index is 12.2. The zero-order chi connectivity index (χ0) is 47.8. The van der Waals surface area contributed by atoms with Crippen LogP contribution in [-0.4, -0.2) is 120 Å². The summed E-state index contributed by atoms with van der Waals surface area (Å²) in [6, 6.07) is 8.45. The highest BCUT2D eigenvalue weighted by atomic mass is 35.5. The first-order valence-corrected chi connectivity index (χ1v) is 26.1. The maximum Gasteiger partial charge on any atom is 0.303 e. The second kappa shape index (κ2) is 21.9. The highest BCUT2D eigenvalue weighted by Crippen LogP contribution is 2.51. The fourth-order valence-corrected chi connectivity index (χ4v) is 10.8. The van der Waals surface area contributed by atoms with Crippen molar-refractivity contribution in [2.75, 3.05) is 64.4 Å². The molecule has 0 fully saturated rings. The number of carbonyl (C=O) groups is 1. The molecule has 0 bridgehead atoms. The number of aliphatic carboxylic acids is 1. The highest BCUT2D eigenvalue weighted by Gasteiger charge is 2.48. The summed E-state index contributed by atoms with van der Waals surface area (Å²) in [5, 5.41) is 9.67. The number of unbranched alkanes of at least 4 members (excludes halogenated alkanes) is 2. The van der Waals surface area contributed by atoms with Gasteiger partial charge in [-0.1, -0.05) is 30.2 Å². The molecule has 2 heterocycles. The summed E-state index contributed by atoms with van der Waals surface area (Å²) in [5.41, 5.74) is 3.66. The van der Waals surface area contributed by atoms with Crippen LogP contribution in [0.5, 0.6) is 0 Å². The molecule has 2 aliphatic heterocycles. The lowest BCUT2D eigenvalue weighted by atomic mass is 9.75. The van der Waals surface area contributed by atoms with Gasteiger partial charge in [-0.15, -0.1) is 0 Å². The Morgan fingerprint density at radius 3 is 2.14 bits per heavy atom. The first-order valence-electron chi connectivity index (χ1n) is 21.4. The van der Waals surface area contributed by atoms with Crippen LogP contribution in [0.25, 0.3) is 0 Å². The summed E-state index contributed by atoms with van der Waals surface area (Å²) >= 11 is 7.24. The fourth-order valence-electron chi connectivity index (χ4n) is 8.98. The van der Waals surface area contributed by atoms with Crippen LogP contribution in [0.4, 0.5) is 11.4 Å². The Morgan fingerprint density at radius 2 is 1.49 bits per heavy atom. The molecule has 5 rings (SSSR count). The number of halogens is 1. The van der Waals surface area contributed by atoms with Crippen molar-refractivity contribution >= 4 is 65.0 Å². The smallest absolute Gasteiger partial charge is 0.303 e. The molecule has 0 aromatic heterocycles. The second-order valence-electron chi connectivity index (χ2n) is 16.8. The van der Waals surface area contributed by atoms with Crippen LogP contribution in [0.1, 0.15) is 89.2 Å². The molecule has 65 heavy (non-hydrogen) atoms. The highest BCUT2D eigenvalue weighted by molar-refractivity contribution is 7.86. The number of allylic oxidation sites excluding steroid dienone is 8. The number of ether oxygens (including phenoxy) is 3. The molecule has 3 aliphatic rings. The predicted molar refractivity (Wildman–Crippen MR) is 242 cm³/mol. The minimum Gasteiger partial charge on any atom is -0.748 e. The molecule has 2 unspecified atom stereocenters. The molecule has 0 amide bonds. The van der Waals surface area contributed by atoms with E-state index in [2.05, 4.69) is 4.90 Å². The Morgan fingerprint density at radius 1 is 0.815 bits per heavy atom. The van der Waals surface area contributed by atoms with Gasteiger partial charge in [-0.25, -0.2) is 25.3 Å². The third-order valence-corrected chi connectivity index (χ3v) is 15.3. The van der Waals surface area contributed by atoms with E-state index in [1.807, 2.05) is 42.7 Å². The summed E-state index contributed by atoms with van der Waals surface area (Å²) in [4.78, 5) is 12.5. The number of carboxylic acid groups (broad SMARTS) is 1. The molecular formula is C45H57ClN2O14S3-2. The SMILES string of the molecule is COCCOCC[N+]1=C(C=CC2=C(Cl)C(=CC=C3N(CCCCCC(=O)O)c4ccc(S(=O)(=O)[O-])cc4C3(C)CCOC)CCC2)C(C)(CCCS(=O)(=O)[O-])c2cc(S(=O)(=O)[O-])ccc21. The van der Waals surface area contributed by atoms with Crippen LogP contribution in [0.3, 0.4) is 0 Å². The third kappa shape index (κ3) is 12.8. The van der Waals surface area contributed by atoms with Gasteiger partial charge in [0.1, 0.15) is 26.8 Å². The van der Waals surface area contributed by atoms with Crippen LogP contribution >= 0.6 is 11.6 Å². The molecule has 16 nitrogen and oxygen atoms in total. The van der Waals surface area contributed by atoms with Crippen LogP contribution in [0.2, 0.25) is 0 Å². The van der Waals surface area contributed by atoms with Gasteiger partial charge < -0.3 is 37.9 Å². The number of rotatable bonds is 24. The van der Waals surface area contributed by atoms with Gasteiger partial charge in [0.05, 0.1) is 38.5 Å². The van der Waals surface area contributed by atoms with Crippen molar-refractivity contribution in [3.63, 3.8) is 0 Å². The van der Waals surface area contributed by atoms with Crippen molar-refractivity contribution in [3.8, 4) is 0 Å². The molecule has 20 heteroatoms. The normalized spacial score (nSPS) is 21.6. The van der Waals surface area contributed by atoms with Gasteiger partial charge in [0, 0.05) is 79.1 Å². The van der Waals surface area contributed by atoms with Gasteiger partial charge in [0.15, 0.2) is 12.3 Å². The third-order valence-electron chi connectivity index (χ3n) is 12.4. The summed E-state index contributed by atoms with van der Waals surface area (Å²) < 4.78 is 127. The Bertz CT molecular complexity index is 2600. The van der Waals surface area contributed by atoms with Crippen molar-refractivity contribution in [1.29, 1.82) is 0 Å². The van der Waals surface area contributed by atoms with E-state index in [0.717, 1.165) is 29.0 Å². The van der Waals surface area contributed by atoms with Gasteiger partial charge in [0.2, 0.25) is 5.69 Å². The summed E-state index contributed by atoms with van der Waals surface area (Å²) in [5.74, 6) is -1.53. The van der Waals surface area contributed by atoms with E-state index in [1.165, 1.54) is 24.3 Å². The van der Waals surface area contributed by atoms with Gasteiger partial charge >= 0.3 is 5.97 Å². The fraction of sp³-hybridized carbons (Fsp3) is 0.511. The quantitative estimate of drug-likeness (QED) is 0.0685. The zero-order valence-corrected chi connectivity index (χ0v) is 40.3. The monoisotopic (exact) mass is 980 g/mol. The summed E-state index contributed by atoms with van der Waals surface area (Å²) in [7, 11) is -11.1. The van der Waals surface area contributed by atoms with Crippen molar-refractivity contribution in [3.05, 3.63) is 93.7 Å². The predicted octanol–water partition coefficient (Wildman–Crippen LogP) is 6.34. The Balaban J connectivity index is 1.60. The van der Waals surface area contributed by atoms with Gasteiger partial charge in [0.25, 0.3) is 0 Å². The van der Waals surface area contributed by atoms with E-state index in [9.17, 15) is 48.8 Å². The standard InChI is InChI=1S/C45H59ClN2O14S3/c1-44(21-9-29-63(51,52)53)36-30-34(64(54,55)56)16-18-39(36)48(24-26-62-28-27-61-4)40(44)19-13-32-10-8-11-33(43(32)46)14-20-41-45(2,22-25-60-3)37-31-35(65(57,58)59)15-17-38(37)47(41)23-7-5-6-12-42(49)50/h13-20,30-31H,5-12,21-29H2,1-4H3,(H3-,49,50,51,52,53,54,55,56,57,58,59)/p-2. The van der Waals surface area contributed by atoms with Gasteiger partial charge in [-0.05, 0) is 118 Å². The minimum atomic E-state index is -4.87. The number of anilines is 1. The molecule has 358 valence electrons. The molecular weight excluding hydrogens is 924 g/mol. The number of fused-ring (bicyclic) bond motifs is 2. The summed E-state index contributed by atoms with van der Waals surface area (Å²) in [6.07, 6.45) is 11.9. The number of nitrogens with zero attached hydrogens (tertiary/aromatic N) is 2. The molecule has 1 aliphatic carbocycles. The van der Waals surface area contributed by atoms with Crippen LogP contribution < -0.4 is 4.90 Å². The van der Waals surface area contributed by atoms with Crippen molar-refractivity contribution in [2.45, 2.75) is 98.7 Å². The van der Waals surface area contributed by atoms with Crippen molar-refractivity contribution in [1.82, 2.24) is 0 Å². The van der Waals surface area contributed by atoms with E-state index in [0.29, 0.717) is 99.0 Å². The van der Waals surface area contributed by atoms with E-state index >= 15 is 0 Å². The molecule has 0 saturated heterocycles. The molecule has 2 aromatic carbocycles.